The molecule has 0 aliphatic carbocycles. The minimum Gasteiger partial charge on any atom is -0.356 e. The molecule has 130 valence electrons. The van der Waals surface area contributed by atoms with Crippen LogP contribution in [0.25, 0.3) is 27.5 Å². The third kappa shape index (κ3) is 2.76. The van der Waals surface area contributed by atoms with Crippen molar-refractivity contribution in [2.45, 2.75) is 6.92 Å². The standard InChI is InChI=1S/C25H20N2/c1-18-11-13-19(14-12-18)26-20-15-16-25-23(17-20)22-9-5-6-10-24(22)27(25)21-7-3-2-4-8-21/h2-17,26H,1H3. The van der Waals surface area contributed by atoms with E-state index in [1.54, 1.807) is 0 Å². The number of rotatable bonds is 3. The van der Waals surface area contributed by atoms with Gasteiger partial charge in [0.15, 0.2) is 0 Å². The molecule has 0 aliphatic heterocycles. The fraction of sp³-hybridized carbons (Fsp3) is 0.0400. The van der Waals surface area contributed by atoms with E-state index in [2.05, 4.69) is 114 Å². The van der Waals surface area contributed by atoms with Crippen LogP contribution in [0, 0.1) is 6.92 Å². The number of para-hydroxylation sites is 2. The molecule has 0 spiro atoms. The molecular formula is C25H20N2. The van der Waals surface area contributed by atoms with Crippen LogP contribution in [0.2, 0.25) is 0 Å². The summed E-state index contributed by atoms with van der Waals surface area (Å²) >= 11 is 0. The Kier molecular flexibility index (Phi) is 3.68. The lowest BCUT2D eigenvalue weighted by Crippen LogP contribution is -1.93. The highest BCUT2D eigenvalue weighted by Crippen LogP contribution is 2.34. The predicted molar refractivity (Wildman–Crippen MR) is 115 cm³/mol. The number of hydrogen-bond donors (Lipinski definition) is 1. The highest BCUT2D eigenvalue weighted by Gasteiger charge is 2.12. The van der Waals surface area contributed by atoms with Crippen LogP contribution in [0.1, 0.15) is 5.56 Å². The van der Waals surface area contributed by atoms with Gasteiger partial charge in [-0.3, -0.25) is 0 Å². The van der Waals surface area contributed by atoms with Crippen LogP contribution in [-0.4, -0.2) is 4.57 Å². The fourth-order valence-electron chi connectivity index (χ4n) is 3.71. The SMILES string of the molecule is Cc1ccc(Nc2ccc3c(c2)c2ccccc2n3-c2ccccc2)cc1. The largest absolute Gasteiger partial charge is 0.356 e. The second-order valence-corrected chi connectivity index (χ2v) is 6.91. The molecule has 0 unspecified atom stereocenters. The predicted octanol–water partition coefficient (Wildman–Crippen LogP) is 6.84. The maximum absolute atomic E-state index is 3.53. The highest BCUT2D eigenvalue weighted by atomic mass is 15.0. The second kappa shape index (κ2) is 6.33. The summed E-state index contributed by atoms with van der Waals surface area (Å²) in [6, 6.07) is 34.2. The molecule has 0 fully saturated rings. The zero-order chi connectivity index (χ0) is 18.2. The number of anilines is 2. The van der Waals surface area contributed by atoms with E-state index in [1.165, 1.54) is 33.1 Å². The van der Waals surface area contributed by atoms with Gasteiger partial charge in [-0.25, -0.2) is 0 Å². The summed E-state index contributed by atoms with van der Waals surface area (Å²) in [5, 5.41) is 6.05. The molecule has 0 radical (unpaired) electrons. The van der Waals surface area contributed by atoms with Gasteiger partial charge in [0.1, 0.15) is 0 Å². The van der Waals surface area contributed by atoms with Crippen molar-refractivity contribution in [3.8, 4) is 5.69 Å². The van der Waals surface area contributed by atoms with Crippen molar-refractivity contribution in [2.24, 2.45) is 0 Å². The molecule has 1 aromatic heterocycles. The van der Waals surface area contributed by atoms with Crippen LogP contribution in [-0.2, 0) is 0 Å². The molecule has 0 bridgehead atoms. The molecule has 4 aromatic carbocycles. The minimum atomic E-state index is 1.10. The van der Waals surface area contributed by atoms with Crippen LogP contribution in [0.15, 0.2) is 97.1 Å². The fourth-order valence-corrected chi connectivity index (χ4v) is 3.71. The molecule has 0 saturated carbocycles. The first-order chi connectivity index (χ1) is 13.3. The number of aryl methyl sites for hydroxylation is 1. The van der Waals surface area contributed by atoms with Crippen LogP contribution >= 0.6 is 0 Å². The number of benzene rings is 4. The summed E-state index contributed by atoms with van der Waals surface area (Å²) in [6.07, 6.45) is 0. The topological polar surface area (TPSA) is 17.0 Å². The molecule has 2 heteroatoms. The number of fused-ring (bicyclic) bond motifs is 3. The molecule has 0 aliphatic rings. The smallest absolute Gasteiger partial charge is 0.0542 e. The number of aromatic nitrogens is 1. The van der Waals surface area contributed by atoms with Crippen LogP contribution < -0.4 is 5.32 Å². The minimum absolute atomic E-state index is 1.10. The lowest BCUT2D eigenvalue weighted by atomic mass is 10.1. The number of nitrogens with one attached hydrogen (secondary N) is 1. The van der Waals surface area contributed by atoms with Gasteiger partial charge >= 0.3 is 0 Å². The van der Waals surface area contributed by atoms with Gasteiger partial charge in [0, 0.05) is 27.8 Å². The van der Waals surface area contributed by atoms with Gasteiger partial charge in [-0.15, -0.1) is 0 Å². The van der Waals surface area contributed by atoms with Crippen LogP contribution in [0.3, 0.4) is 0 Å². The second-order valence-electron chi connectivity index (χ2n) is 6.91. The van der Waals surface area contributed by atoms with E-state index >= 15 is 0 Å². The molecule has 2 nitrogen and oxygen atoms in total. The van der Waals surface area contributed by atoms with E-state index in [9.17, 15) is 0 Å². The monoisotopic (exact) mass is 348 g/mol. The van der Waals surface area contributed by atoms with E-state index in [1.807, 2.05) is 0 Å². The summed E-state index contributed by atoms with van der Waals surface area (Å²) in [6.45, 7) is 2.11. The molecule has 1 heterocycles. The maximum Gasteiger partial charge on any atom is 0.0542 e. The van der Waals surface area contributed by atoms with Gasteiger partial charge in [-0.2, -0.15) is 0 Å². The number of hydrogen-bond acceptors (Lipinski definition) is 1. The first kappa shape index (κ1) is 15.7. The van der Waals surface area contributed by atoms with E-state index in [0.717, 1.165) is 11.4 Å². The van der Waals surface area contributed by atoms with Crippen molar-refractivity contribution in [3.63, 3.8) is 0 Å². The van der Waals surface area contributed by atoms with Gasteiger partial charge in [-0.05, 0) is 55.5 Å². The lowest BCUT2D eigenvalue weighted by molar-refractivity contribution is 1.18. The van der Waals surface area contributed by atoms with E-state index in [4.69, 9.17) is 0 Å². The van der Waals surface area contributed by atoms with Gasteiger partial charge in [-0.1, -0.05) is 54.1 Å². The third-order valence-corrected chi connectivity index (χ3v) is 5.03. The Balaban J connectivity index is 1.69. The summed E-state index contributed by atoms with van der Waals surface area (Å²) < 4.78 is 2.33. The maximum atomic E-state index is 3.53. The summed E-state index contributed by atoms with van der Waals surface area (Å²) in [5.41, 5.74) is 7.10. The van der Waals surface area contributed by atoms with Crippen molar-refractivity contribution >= 4 is 33.2 Å². The molecule has 27 heavy (non-hydrogen) atoms. The van der Waals surface area contributed by atoms with Crippen LogP contribution in [0.4, 0.5) is 11.4 Å². The molecule has 5 aromatic rings. The van der Waals surface area contributed by atoms with E-state index < -0.39 is 0 Å². The van der Waals surface area contributed by atoms with E-state index in [-0.39, 0.29) is 0 Å². The Hall–Kier alpha value is -3.52. The molecular weight excluding hydrogens is 328 g/mol. The van der Waals surface area contributed by atoms with E-state index in [0.29, 0.717) is 0 Å². The van der Waals surface area contributed by atoms with Gasteiger partial charge in [0.25, 0.3) is 0 Å². The van der Waals surface area contributed by atoms with Gasteiger partial charge < -0.3 is 9.88 Å². The average Bonchev–Trinajstić information content (AvgIpc) is 3.04. The van der Waals surface area contributed by atoms with Crippen molar-refractivity contribution in [1.82, 2.24) is 4.57 Å². The Morgan fingerprint density at radius 3 is 2.07 bits per heavy atom. The number of nitrogens with zero attached hydrogens (tertiary/aromatic N) is 1. The highest BCUT2D eigenvalue weighted by molar-refractivity contribution is 6.10. The zero-order valence-electron chi connectivity index (χ0n) is 15.2. The Morgan fingerprint density at radius 1 is 0.593 bits per heavy atom. The molecule has 0 atom stereocenters. The molecule has 0 saturated heterocycles. The van der Waals surface area contributed by atoms with Gasteiger partial charge in [0.05, 0.1) is 11.0 Å². The van der Waals surface area contributed by atoms with Crippen molar-refractivity contribution in [1.29, 1.82) is 0 Å². The third-order valence-electron chi connectivity index (χ3n) is 5.03. The summed E-state index contributed by atoms with van der Waals surface area (Å²) in [7, 11) is 0. The first-order valence-electron chi connectivity index (χ1n) is 9.22. The quantitative estimate of drug-likeness (QED) is 0.378. The average molecular weight is 348 g/mol. The van der Waals surface area contributed by atoms with Crippen molar-refractivity contribution in [3.05, 3.63) is 103 Å². The first-order valence-corrected chi connectivity index (χ1v) is 9.22. The normalized spacial score (nSPS) is 11.1. The Bertz CT molecular complexity index is 1230. The van der Waals surface area contributed by atoms with Crippen molar-refractivity contribution in [2.75, 3.05) is 5.32 Å². The molecule has 5 rings (SSSR count). The Morgan fingerprint density at radius 2 is 1.26 bits per heavy atom. The molecule has 1 N–H and O–H groups in total. The lowest BCUT2D eigenvalue weighted by Gasteiger charge is -2.09. The van der Waals surface area contributed by atoms with Gasteiger partial charge in [0.2, 0.25) is 0 Å². The zero-order valence-corrected chi connectivity index (χ0v) is 15.2. The summed E-state index contributed by atoms with van der Waals surface area (Å²) in [4.78, 5) is 0. The summed E-state index contributed by atoms with van der Waals surface area (Å²) in [5.74, 6) is 0. The molecule has 0 amide bonds. The Labute approximate surface area is 158 Å². The van der Waals surface area contributed by atoms with Crippen molar-refractivity contribution < 1.29 is 0 Å². The van der Waals surface area contributed by atoms with Crippen LogP contribution in [0.5, 0.6) is 0 Å².